The van der Waals surface area contributed by atoms with E-state index in [0.29, 0.717) is 6.54 Å². The van der Waals surface area contributed by atoms with Crippen molar-refractivity contribution in [3.05, 3.63) is 65.9 Å². The number of nitrogens with zero attached hydrogens (tertiary/aromatic N) is 1. The Kier molecular flexibility index (Phi) is 5.01. The maximum atomic E-state index is 12.3. The number of rotatable bonds is 4. The largest absolute Gasteiger partial charge is 0.334 e. The van der Waals surface area contributed by atoms with Crippen LogP contribution in [0.25, 0.3) is 10.9 Å². The second-order valence-electron chi connectivity index (χ2n) is 5.51. The Morgan fingerprint density at radius 3 is 2.67 bits per heavy atom. The number of urea groups is 1. The minimum absolute atomic E-state index is 0.220. The highest BCUT2D eigenvalue weighted by Gasteiger charge is 2.11. The second-order valence-corrected chi connectivity index (χ2v) is 6.35. The van der Waals surface area contributed by atoms with E-state index in [1.807, 2.05) is 61.7 Å². The van der Waals surface area contributed by atoms with Crippen LogP contribution in [0.1, 0.15) is 11.1 Å². The molecule has 0 aliphatic carbocycles. The van der Waals surface area contributed by atoms with Crippen LogP contribution < -0.4 is 10.6 Å². The molecule has 0 saturated carbocycles. The molecule has 0 aliphatic rings. The number of amides is 2. The average Bonchev–Trinajstić information content (AvgIpc) is 2.61. The van der Waals surface area contributed by atoms with Gasteiger partial charge < -0.3 is 10.6 Å². The maximum Gasteiger partial charge on any atom is 0.319 e. The fourth-order valence-corrected chi connectivity index (χ4v) is 3.05. The molecule has 5 heteroatoms. The summed E-state index contributed by atoms with van der Waals surface area (Å²) in [7, 11) is 0. The van der Waals surface area contributed by atoms with Crippen molar-refractivity contribution in [3.8, 4) is 0 Å². The monoisotopic (exact) mass is 337 g/mol. The molecule has 3 aromatic rings. The lowest BCUT2D eigenvalue weighted by Gasteiger charge is -2.13. The number of carbonyl (C=O) groups is 1. The van der Waals surface area contributed by atoms with Gasteiger partial charge in [0.1, 0.15) is 0 Å². The van der Waals surface area contributed by atoms with Gasteiger partial charge in [0, 0.05) is 23.0 Å². The Balaban J connectivity index is 1.76. The Morgan fingerprint density at radius 1 is 1.12 bits per heavy atom. The van der Waals surface area contributed by atoms with E-state index >= 15 is 0 Å². The van der Waals surface area contributed by atoms with Crippen LogP contribution in [-0.4, -0.2) is 17.3 Å². The average molecular weight is 337 g/mol. The second kappa shape index (κ2) is 7.36. The molecule has 0 saturated heterocycles. The molecule has 0 bridgehead atoms. The Labute approximate surface area is 145 Å². The van der Waals surface area contributed by atoms with Crippen LogP contribution in [-0.2, 0) is 6.54 Å². The SMILES string of the molecule is CSc1ccc2ncccc2c1NC(=O)NCc1ccc(C)cc1. The van der Waals surface area contributed by atoms with Crippen LogP contribution in [0.2, 0.25) is 0 Å². The maximum absolute atomic E-state index is 12.3. The lowest BCUT2D eigenvalue weighted by atomic mass is 10.1. The summed E-state index contributed by atoms with van der Waals surface area (Å²) >= 11 is 1.60. The predicted molar refractivity (Wildman–Crippen MR) is 101 cm³/mol. The van der Waals surface area contributed by atoms with Crippen molar-refractivity contribution >= 4 is 34.4 Å². The summed E-state index contributed by atoms with van der Waals surface area (Å²) in [4.78, 5) is 17.7. The van der Waals surface area contributed by atoms with Crippen LogP contribution in [0.5, 0.6) is 0 Å². The summed E-state index contributed by atoms with van der Waals surface area (Å²) in [5.41, 5.74) is 3.94. The molecule has 0 radical (unpaired) electrons. The summed E-state index contributed by atoms with van der Waals surface area (Å²) in [6.07, 6.45) is 3.75. The van der Waals surface area contributed by atoms with Crippen LogP contribution >= 0.6 is 11.8 Å². The highest BCUT2D eigenvalue weighted by atomic mass is 32.2. The first-order chi connectivity index (χ1) is 11.7. The first kappa shape index (κ1) is 16.3. The lowest BCUT2D eigenvalue weighted by Crippen LogP contribution is -2.28. The molecular formula is C19H19N3OS. The fourth-order valence-electron chi connectivity index (χ4n) is 2.48. The molecule has 2 aromatic carbocycles. The smallest absolute Gasteiger partial charge is 0.319 e. The van der Waals surface area contributed by atoms with E-state index in [1.54, 1.807) is 18.0 Å². The zero-order valence-electron chi connectivity index (χ0n) is 13.7. The van der Waals surface area contributed by atoms with Gasteiger partial charge in [-0.25, -0.2) is 4.79 Å². The number of pyridine rings is 1. The number of hydrogen-bond acceptors (Lipinski definition) is 3. The van der Waals surface area contributed by atoms with Gasteiger partial charge in [-0.1, -0.05) is 29.8 Å². The molecule has 0 unspecified atom stereocenters. The number of nitrogens with one attached hydrogen (secondary N) is 2. The topological polar surface area (TPSA) is 54.0 Å². The minimum atomic E-state index is -0.220. The fraction of sp³-hybridized carbons (Fsp3) is 0.158. The molecule has 0 spiro atoms. The third kappa shape index (κ3) is 3.68. The number of hydrogen-bond donors (Lipinski definition) is 2. The van der Waals surface area contributed by atoms with Gasteiger partial charge in [0.25, 0.3) is 0 Å². The van der Waals surface area contributed by atoms with Crippen molar-refractivity contribution in [3.63, 3.8) is 0 Å². The zero-order chi connectivity index (χ0) is 16.9. The van der Waals surface area contributed by atoms with Gasteiger partial charge >= 0.3 is 6.03 Å². The minimum Gasteiger partial charge on any atom is -0.334 e. The van der Waals surface area contributed by atoms with Gasteiger partial charge in [0.2, 0.25) is 0 Å². The Morgan fingerprint density at radius 2 is 1.92 bits per heavy atom. The molecular weight excluding hydrogens is 318 g/mol. The normalized spacial score (nSPS) is 10.6. The first-order valence-electron chi connectivity index (χ1n) is 7.69. The Hall–Kier alpha value is -2.53. The number of benzene rings is 2. The standard InChI is InChI=1S/C19H19N3OS/c1-13-5-7-14(8-6-13)12-21-19(23)22-18-15-4-3-11-20-16(15)9-10-17(18)24-2/h3-11H,12H2,1-2H3,(H2,21,22,23). The van der Waals surface area contributed by atoms with Gasteiger partial charge in [0.15, 0.2) is 0 Å². The third-order valence-corrected chi connectivity index (χ3v) is 4.56. The van der Waals surface area contributed by atoms with Gasteiger partial charge in [-0.3, -0.25) is 4.98 Å². The molecule has 2 amide bonds. The summed E-state index contributed by atoms with van der Waals surface area (Å²) in [5, 5.41) is 6.82. The van der Waals surface area contributed by atoms with Gasteiger partial charge in [0.05, 0.1) is 11.2 Å². The number of anilines is 1. The van der Waals surface area contributed by atoms with Crippen molar-refractivity contribution < 1.29 is 4.79 Å². The molecule has 122 valence electrons. The highest BCUT2D eigenvalue weighted by molar-refractivity contribution is 7.98. The molecule has 24 heavy (non-hydrogen) atoms. The van der Waals surface area contributed by atoms with Crippen molar-refractivity contribution in [2.45, 2.75) is 18.4 Å². The Bertz CT molecular complexity index is 862. The lowest BCUT2D eigenvalue weighted by molar-refractivity contribution is 0.251. The number of fused-ring (bicyclic) bond motifs is 1. The quantitative estimate of drug-likeness (QED) is 0.685. The molecule has 4 nitrogen and oxygen atoms in total. The van der Waals surface area contributed by atoms with Crippen LogP contribution in [0.15, 0.2) is 59.6 Å². The highest BCUT2D eigenvalue weighted by Crippen LogP contribution is 2.32. The van der Waals surface area contributed by atoms with Crippen molar-refractivity contribution in [2.24, 2.45) is 0 Å². The van der Waals surface area contributed by atoms with Gasteiger partial charge in [-0.15, -0.1) is 11.8 Å². The van der Waals surface area contributed by atoms with E-state index in [-0.39, 0.29) is 6.03 Å². The van der Waals surface area contributed by atoms with E-state index in [2.05, 4.69) is 15.6 Å². The molecule has 2 N–H and O–H groups in total. The van der Waals surface area contributed by atoms with Gasteiger partial charge in [-0.2, -0.15) is 0 Å². The summed E-state index contributed by atoms with van der Waals surface area (Å²) < 4.78 is 0. The molecule has 1 aromatic heterocycles. The first-order valence-corrected chi connectivity index (χ1v) is 8.92. The molecule has 1 heterocycles. The van der Waals surface area contributed by atoms with Crippen LogP contribution in [0.4, 0.5) is 10.5 Å². The van der Waals surface area contributed by atoms with Gasteiger partial charge in [-0.05, 0) is 43.0 Å². The van der Waals surface area contributed by atoms with Crippen molar-refractivity contribution in [2.75, 3.05) is 11.6 Å². The number of aromatic nitrogens is 1. The summed E-state index contributed by atoms with van der Waals surface area (Å²) in [6, 6.07) is 15.7. The van der Waals surface area contributed by atoms with Crippen molar-refractivity contribution in [1.29, 1.82) is 0 Å². The van der Waals surface area contributed by atoms with Crippen molar-refractivity contribution in [1.82, 2.24) is 10.3 Å². The summed E-state index contributed by atoms with van der Waals surface area (Å²) in [5.74, 6) is 0. The number of aryl methyl sites for hydroxylation is 1. The van der Waals surface area contributed by atoms with Crippen LogP contribution in [0.3, 0.4) is 0 Å². The molecule has 3 rings (SSSR count). The van der Waals surface area contributed by atoms with E-state index in [9.17, 15) is 4.79 Å². The zero-order valence-corrected chi connectivity index (χ0v) is 14.5. The number of carbonyl (C=O) groups excluding carboxylic acids is 1. The van der Waals surface area contributed by atoms with E-state index in [1.165, 1.54) is 5.56 Å². The van der Waals surface area contributed by atoms with Crippen LogP contribution in [0, 0.1) is 6.92 Å². The molecule has 0 fully saturated rings. The van der Waals surface area contributed by atoms with E-state index in [4.69, 9.17) is 0 Å². The van der Waals surface area contributed by atoms with E-state index < -0.39 is 0 Å². The predicted octanol–water partition coefficient (Wildman–Crippen LogP) is 4.59. The third-order valence-electron chi connectivity index (χ3n) is 3.78. The number of thioether (sulfide) groups is 1. The molecule has 0 aliphatic heterocycles. The van der Waals surface area contributed by atoms with E-state index in [0.717, 1.165) is 27.0 Å². The summed E-state index contributed by atoms with van der Waals surface area (Å²) in [6.45, 7) is 2.53. The molecule has 0 atom stereocenters.